The highest BCUT2D eigenvalue weighted by atomic mass is 16.5. The van der Waals surface area contributed by atoms with Gasteiger partial charge in [0, 0.05) is 30.0 Å². The van der Waals surface area contributed by atoms with E-state index in [-0.39, 0.29) is 30.6 Å². The number of hydrogen-bond acceptors (Lipinski definition) is 9. The number of aliphatic hydroxyl groups is 2. The number of hydrogen-bond donors (Lipinski definition) is 7. The third kappa shape index (κ3) is 6.65. The smallest absolute Gasteiger partial charge is 0.252 e. The summed E-state index contributed by atoms with van der Waals surface area (Å²) in [4.78, 5) is 24.9. The van der Waals surface area contributed by atoms with Gasteiger partial charge in [0.25, 0.3) is 5.91 Å². The number of phenols is 1. The molecule has 8 N–H and O–H groups in total. The summed E-state index contributed by atoms with van der Waals surface area (Å²) in [5.74, 6) is 0.696. The molecule has 11 nitrogen and oxygen atoms in total. The Hall–Kier alpha value is -4.97. The summed E-state index contributed by atoms with van der Waals surface area (Å²) in [6, 6.07) is 19.4. The van der Waals surface area contributed by atoms with Gasteiger partial charge in [-0.25, -0.2) is 9.97 Å². The molecule has 1 amide bonds. The first-order valence-electron chi connectivity index (χ1n) is 14.4. The number of rotatable bonds is 13. The van der Waals surface area contributed by atoms with Crippen molar-refractivity contribution in [3.63, 3.8) is 0 Å². The molecule has 11 heteroatoms. The predicted molar refractivity (Wildman–Crippen MR) is 169 cm³/mol. The van der Waals surface area contributed by atoms with Crippen LogP contribution < -0.4 is 21.1 Å². The highest BCUT2D eigenvalue weighted by molar-refractivity contribution is 6.06. The van der Waals surface area contributed by atoms with Crippen LogP contribution in [0.2, 0.25) is 0 Å². The van der Waals surface area contributed by atoms with Gasteiger partial charge in [-0.1, -0.05) is 31.2 Å². The lowest BCUT2D eigenvalue weighted by atomic mass is 10.00. The fraction of sp³-hybridized carbons (Fsp3) is 0.242. The number of carbonyl (C=O) groups is 1. The number of pyridine rings is 1. The average molecular weight is 597 g/mol. The molecule has 2 aromatic heterocycles. The van der Waals surface area contributed by atoms with Gasteiger partial charge in [0.1, 0.15) is 29.4 Å². The lowest BCUT2D eigenvalue weighted by Crippen LogP contribution is -2.32. The molecule has 0 spiro atoms. The fourth-order valence-corrected chi connectivity index (χ4v) is 5.09. The highest BCUT2D eigenvalue weighted by Gasteiger charge is 2.20. The number of H-pyrrole nitrogens is 1. The molecule has 3 aromatic carbocycles. The molecule has 228 valence electrons. The first-order valence-corrected chi connectivity index (χ1v) is 14.4. The number of nitrogens with zero attached hydrogens (tertiary/aromatic N) is 2. The maximum absolute atomic E-state index is 12.5. The number of aromatic hydroxyl groups is 1. The van der Waals surface area contributed by atoms with Crippen molar-refractivity contribution in [3.8, 4) is 22.9 Å². The Labute approximate surface area is 254 Å². The number of nitrogens with two attached hydrogens (primary N) is 1. The number of ether oxygens (including phenoxy) is 1. The van der Waals surface area contributed by atoms with Crippen molar-refractivity contribution in [2.24, 2.45) is 5.73 Å². The number of phenolic OH excluding ortho intramolecular Hbond substituents is 1. The van der Waals surface area contributed by atoms with Crippen molar-refractivity contribution in [1.82, 2.24) is 20.3 Å². The molecular formula is C33H36N6O5. The van der Waals surface area contributed by atoms with E-state index in [1.165, 1.54) is 6.20 Å². The molecule has 5 aromatic rings. The van der Waals surface area contributed by atoms with E-state index in [0.717, 1.165) is 22.4 Å². The summed E-state index contributed by atoms with van der Waals surface area (Å²) in [7, 11) is 0. The molecule has 44 heavy (non-hydrogen) atoms. The number of aromatic nitrogens is 3. The molecule has 0 fully saturated rings. The first kappa shape index (κ1) is 30.5. The number of aromatic amines is 1. The third-order valence-corrected chi connectivity index (χ3v) is 7.48. The minimum absolute atomic E-state index is 0.0720. The van der Waals surface area contributed by atoms with Gasteiger partial charge in [-0.2, -0.15) is 0 Å². The van der Waals surface area contributed by atoms with Crippen LogP contribution in [-0.2, 0) is 13.0 Å². The van der Waals surface area contributed by atoms with E-state index in [0.29, 0.717) is 47.0 Å². The fourth-order valence-electron chi connectivity index (χ4n) is 5.09. The summed E-state index contributed by atoms with van der Waals surface area (Å²) in [5.41, 5.74) is 11.7. The molecule has 0 aliphatic carbocycles. The van der Waals surface area contributed by atoms with Crippen molar-refractivity contribution in [2.75, 3.05) is 18.5 Å². The van der Waals surface area contributed by atoms with E-state index in [1.807, 2.05) is 37.3 Å². The molecule has 0 saturated heterocycles. The topological polar surface area (TPSA) is 179 Å². The molecule has 2 heterocycles. The van der Waals surface area contributed by atoms with Gasteiger partial charge in [-0.05, 0) is 72.5 Å². The van der Waals surface area contributed by atoms with Crippen LogP contribution in [0.25, 0.3) is 22.6 Å². The van der Waals surface area contributed by atoms with Crippen LogP contribution in [0.5, 0.6) is 11.5 Å². The number of carbonyl (C=O) groups excluding carboxylic acids is 1. The summed E-state index contributed by atoms with van der Waals surface area (Å²) >= 11 is 0. The first-order chi connectivity index (χ1) is 21.3. The van der Waals surface area contributed by atoms with E-state index < -0.39 is 12.0 Å². The Morgan fingerprint density at radius 2 is 1.84 bits per heavy atom. The predicted octanol–water partition coefficient (Wildman–Crippen LogP) is 4.32. The number of imidazole rings is 1. The van der Waals surface area contributed by atoms with Crippen LogP contribution in [-0.4, -0.2) is 55.4 Å². The van der Waals surface area contributed by atoms with Crippen molar-refractivity contribution in [1.29, 1.82) is 0 Å². The molecule has 0 radical (unpaired) electrons. The Morgan fingerprint density at radius 1 is 1.09 bits per heavy atom. The molecule has 0 aliphatic rings. The number of fused-ring (bicyclic) bond motifs is 1. The minimum atomic E-state index is -0.761. The molecule has 0 saturated carbocycles. The lowest BCUT2D eigenvalue weighted by Gasteiger charge is -2.22. The maximum Gasteiger partial charge on any atom is 0.252 e. The van der Waals surface area contributed by atoms with Crippen LogP contribution >= 0.6 is 0 Å². The number of primary amides is 1. The zero-order valence-electron chi connectivity index (χ0n) is 24.5. The summed E-state index contributed by atoms with van der Waals surface area (Å²) in [6.07, 6.45) is 1.37. The van der Waals surface area contributed by atoms with Crippen molar-refractivity contribution in [3.05, 3.63) is 95.2 Å². The van der Waals surface area contributed by atoms with E-state index in [9.17, 15) is 15.0 Å². The normalized spacial score (nSPS) is 12.6. The van der Waals surface area contributed by atoms with E-state index in [4.69, 9.17) is 20.6 Å². The molecule has 0 bridgehead atoms. The summed E-state index contributed by atoms with van der Waals surface area (Å²) in [5, 5.41) is 36.2. The molecular weight excluding hydrogens is 560 g/mol. The SMILES string of the molecule is CCc1c(CN[C@H](C)[C@@H](O)c2ccc(O)cc2)cccc1Nc1c(C(N)=O)cnc2[nH]c(-c3ccc(OCCO)cc3)nc12. The van der Waals surface area contributed by atoms with Crippen molar-refractivity contribution in [2.45, 2.75) is 39.0 Å². The Balaban J connectivity index is 1.42. The van der Waals surface area contributed by atoms with Crippen LogP contribution in [0.4, 0.5) is 11.4 Å². The highest BCUT2D eigenvalue weighted by Crippen LogP contribution is 2.33. The van der Waals surface area contributed by atoms with Gasteiger partial charge in [-0.15, -0.1) is 0 Å². The second kappa shape index (κ2) is 13.6. The van der Waals surface area contributed by atoms with E-state index in [2.05, 4.69) is 27.5 Å². The van der Waals surface area contributed by atoms with Gasteiger partial charge in [0.15, 0.2) is 5.65 Å². The zero-order valence-corrected chi connectivity index (χ0v) is 24.5. The standard InChI is InChI=1S/C33H36N6O5/c1-3-25-22(17-35-19(2)30(42)20-7-11-23(41)12-8-20)5-4-6-27(25)37-28-26(31(34)43)18-36-33-29(28)38-32(39-33)21-9-13-24(14-10-21)44-16-15-40/h4-14,18-19,30,35,40-42H,3,15-17H2,1-2H3,(H2,34,43)(H2,36,37,38,39)/t19-,30-/m1/s1. The van der Waals surface area contributed by atoms with Crippen LogP contribution in [0.15, 0.2) is 72.9 Å². The largest absolute Gasteiger partial charge is 0.508 e. The number of aliphatic hydroxyl groups excluding tert-OH is 2. The third-order valence-electron chi connectivity index (χ3n) is 7.48. The van der Waals surface area contributed by atoms with Gasteiger partial charge in [-0.3, -0.25) is 4.79 Å². The van der Waals surface area contributed by atoms with Gasteiger partial charge in [0.05, 0.1) is 24.0 Å². The zero-order chi connectivity index (χ0) is 31.2. The number of anilines is 2. The number of nitrogens with one attached hydrogen (secondary N) is 3. The number of benzene rings is 3. The van der Waals surface area contributed by atoms with E-state index >= 15 is 0 Å². The quantitative estimate of drug-likeness (QED) is 0.104. The van der Waals surface area contributed by atoms with Gasteiger partial charge >= 0.3 is 0 Å². The molecule has 2 atom stereocenters. The average Bonchev–Trinajstić information content (AvgIpc) is 3.48. The number of amides is 1. The monoisotopic (exact) mass is 596 g/mol. The molecule has 0 unspecified atom stereocenters. The van der Waals surface area contributed by atoms with Crippen molar-refractivity contribution >= 4 is 28.4 Å². The maximum atomic E-state index is 12.5. The second-order valence-corrected chi connectivity index (χ2v) is 10.4. The second-order valence-electron chi connectivity index (χ2n) is 10.4. The van der Waals surface area contributed by atoms with Crippen LogP contribution in [0.1, 0.15) is 47.0 Å². The van der Waals surface area contributed by atoms with Gasteiger partial charge in [0.2, 0.25) is 0 Å². The van der Waals surface area contributed by atoms with Crippen molar-refractivity contribution < 1.29 is 24.9 Å². The lowest BCUT2D eigenvalue weighted by molar-refractivity contribution is 0.100. The Bertz CT molecular complexity index is 1740. The van der Waals surface area contributed by atoms with Gasteiger partial charge < -0.3 is 41.4 Å². The van der Waals surface area contributed by atoms with Crippen LogP contribution in [0.3, 0.4) is 0 Å². The molecule has 0 aliphatic heterocycles. The summed E-state index contributed by atoms with van der Waals surface area (Å²) < 4.78 is 5.45. The minimum Gasteiger partial charge on any atom is -0.508 e. The Morgan fingerprint density at radius 3 is 2.52 bits per heavy atom. The van der Waals surface area contributed by atoms with Crippen LogP contribution in [0, 0.1) is 0 Å². The van der Waals surface area contributed by atoms with E-state index in [1.54, 1.807) is 36.4 Å². The molecule has 5 rings (SSSR count). The summed E-state index contributed by atoms with van der Waals surface area (Å²) in [6.45, 7) is 4.58. The Kier molecular flexibility index (Phi) is 9.39.